The van der Waals surface area contributed by atoms with Crippen molar-refractivity contribution < 1.29 is 18.7 Å². The predicted molar refractivity (Wildman–Crippen MR) is 90.2 cm³/mol. The van der Waals surface area contributed by atoms with E-state index in [1.165, 1.54) is 31.5 Å². The molecule has 1 aromatic carbocycles. The van der Waals surface area contributed by atoms with Crippen molar-refractivity contribution in [3.8, 4) is 0 Å². The fourth-order valence-corrected chi connectivity index (χ4v) is 3.20. The van der Waals surface area contributed by atoms with Gasteiger partial charge in [0.2, 0.25) is 0 Å². The molecule has 132 valence electrons. The molecule has 0 aliphatic heterocycles. The van der Waals surface area contributed by atoms with Crippen LogP contribution in [0.15, 0.2) is 18.2 Å². The number of carbonyl (C=O) groups excluding carboxylic acids is 2. The largest absolute Gasteiger partial charge is 0.452 e. The number of ether oxygens (including phenoxy) is 1. The standard InChI is InChI=1S/C18H23ClFNO3/c1-11-6-3-4-9-16(11)21-18(23)12(2)24-17(22)10-13-14(19)7-5-8-15(13)20/h5,7-8,11-12,16H,3-4,6,9-10H2,1-2H3,(H,21,23)/t11-,12-,16-/m1/s1. The van der Waals surface area contributed by atoms with E-state index in [0.29, 0.717) is 5.92 Å². The Labute approximate surface area is 146 Å². The fraction of sp³-hybridized carbons (Fsp3) is 0.556. The van der Waals surface area contributed by atoms with Crippen molar-refractivity contribution in [1.29, 1.82) is 0 Å². The van der Waals surface area contributed by atoms with E-state index in [2.05, 4.69) is 12.2 Å². The number of halogens is 2. The average Bonchev–Trinajstić information content (AvgIpc) is 2.53. The maximum atomic E-state index is 13.7. The molecule has 0 radical (unpaired) electrons. The second kappa shape index (κ2) is 8.47. The summed E-state index contributed by atoms with van der Waals surface area (Å²) >= 11 is 5.89. The summed E-state index contributed by atoms with van der Waals surface area (Å²) in [5.74, 6) is -1.14. The van der Waals surface area contributed by atoms with Crippen molar-refractivity contribution in [2.75, 3.05) is 0 Å². The molecule has 1 N–H and O–H groups in total. The minimum absolute atomic E-state index is 0.0812. The first-order valence-electron chi connectivity index (χ1n) is 8.31. The van der Waals surface area contributed by atoms with Gasteiger partial charge in [0.1, 0.15) is 5.82 Å². The van der Waals surface area contributed by atoms with E-state index in [-0.39, 0.29) is 29.0 Å². The lowest BCUT2D eigenvalue weighted by atomic mass is 9.86. The van der Waals surface area contributed by atoms with Crippen molar-refractivity contribution in [3.63, 3.8) is 0 Å². The average molecular weight is 356 g/mol. The van der Waals surface area contributed by atoms with E-state index in [1.54, 1.807) is 0 Å². The molecule has 0 aromatic heterocycles. The summed E-state index contributed by atoms with van der Waals surface area (Å²) in [5, 5.41) is 3.11. The molecule has 1 fully saturated rings. The molecule has 1 aliphatic rings. The Morgan fingerprint density at radius 2 is 2.08 bits per heavy atom. The van der Waals surface area contributed by atoms with Gasteiger partial charge in [0.15, 0.2) is 6.10 Å². The van der Waals surface area contributed by atoms with Crippen LogP contribution < -0.4 is 5.32 Å². The van der Waals surface area contributed by atoms with Crippen LogP contribution >= 0.6 is 11.6 Å². The molecule has 3 atom stereocenters. The highest BCUT2D eigenvalue weighted by Crippen LogP contribution is 2.24. The Morgan fingerprint density at radius 3 is 2.75 bits per heavy atom. The third-order valence-electron chi connectivity index (χ3n) is 4.50. The van der Waals surface area contributed by atoms with Gasteiger partial charge in [-0.3, -0.25) is 9.59 Å². The van der Waals surface area contributed by atoms with E-state index in [0.717, 1.165) is 19.3 Å². The summed E-state index contributed by atoms with van der Waals surface area (Å²) in [6.45, 7) is 3.63. The number of rotatable bonds is 5. The Balaban J connectivity index is 1.87. The van der Waals surface area contributed by atoms with E-state index in [4.69, 9.17) is 16.3 Å². The van der Waals surface area contributed by atoms with Gasteiger partial charge >= 0.3 is 5.97 Å². The van der Waals surface area contributed by atoms with Gasteiger partial charge in [-0.1, -0.05) is 37.4 Å². The second-order valence-corrected chi connectivity index (χ2v) is 6.79. The SMILES string of the molecule is C[C@@H]1CCCC[C@H]1NC(=O)[C@@H](C)OC(=O)Cc1c(F)cccc1Cl. The number of nitrogens with one attached hydrogen (secondary N) is 1. The van der Waals surface area contributed by atoms with Gasteiger partial charge in [-0.15, -0.1) is 0 Å². The number of esters is 1. The summed E-state index contributed by atoms with van der Waals surface area (Å²) in [5.41, 5.74) is 0.0812. The molecular weight excluding hydrogens is 333 g/mol. The molecule has 0 spiro atoms. The number of hydrogen-bond donors (Lipinski definition) is 1. The molecule has 24 heavy (non-hydrogen) atoms. The van der Waals surface area contributed by atoms with Crippen LogP contribution in [0, 0.1) is 11.7 Å². The topological polar surface area (TPSA) is 55.4 Å². The van der Waals surface area contributed by atoms with Crippen LogP contribution in [-0.4, -0.2) is 24.0 Å². The zero-order valence-electron chi connectivity index (χ0n) is 14.0. The maximum absolute atomic E-state index is 13.7. The molecule has 0 saturated heterocycles. The normalized spacial score (nSPS) is 21.8. The highest BCUT2D eigenvalue weighted by atomic mass is 35.5. The summed E-state index contributed by atoms with van der Waals surface area (Å²) in [4.78, 5) is 24.2. The van der Waals surface area contributed by atoms with Crippen LogP contribution in [0.3, 0.4) is 0 Å². The van der Waals surface area contributed by atoms with E-state index in [9.17, 15) is 14.0 Å². The third kappa shape index (κ3) is 4.94. The van der Waals surface area contributed by atoms with Crippen LogP contribution in [0.1, 0.15) is 45.1 Å². The fourth-order valence-electron chi connectivity index (χ4n) is 2.97. The Bertz CT molecular complexity index is 588. The number of benzene rings is 1. The van der Waals surface area contributed by atoms with Gasteiger partial charge in [-0.05, 0) is 37.8 Å². The van der Waals surface area contributed by atoms with Crippen molar-refractivity contribution in [2.45, 2.75) is 58.1 Å². The first kappa shape index (κ1) is 18.7. The quantitative estimate of drug-likeness (QED) is 0.820. The first-order chi connectivity index (χ1) is 11.4. The number of amides is 1. The Morgan fingerprint density at radius 1 is 1.38 bits per heavy atom. The first-order valence-corrected chi connectivity index (χ1v) is 8.69. The molecule has 1 aromatic rings. The van der Waals surface area contributed by atoms with Gasteiger partial charge < -0.3 is 10.1 Å². The molecule has 1 amide bonds. The smallest absolute Gasteiger partial charge is 0.311 e. The maximum Gasteiger partial charge on any atom is 0.311 e. The molecule has 2 rings (SSSR count). The molecule has 1 saturated carbocycles. The zero-order valence-corrected chi connectivity index (χ0v) is 14.7. The monoisotopic (exact) mass is 355 g/mol. The van der Waals surface area contributed by atoms with Crippen LogP contribution in [0.4, 0.5) is 4.39 Å². The molecule has 0 heterocycles. The summed E-state index contributed by atoms with van der Waals surface area (Å²) in [6.07, 6.45) is 3.08. The van der Waals surface area contributed by atoms with Gasteiger partial charge in [0.05, 0.1) is 6.42 Å². The van der Waals surface area contributed by atoms with Crippen molar-refractivity contribution in [3.05, 3.63) is 34.6 Å². The molecule has 0 unspecified atom stereocenters. The van der Waals surface area contributed by atoms with E-state index in [1.807, 2.05) is 0 Å². The van der Waals surface area contributed by atoms with Crippen LogP contribution in [0.5, 0.6) is 0 Å². The van der Waals surface area contributed by atoms with Crippen LogP contribution in [0.2, 0.25) is 5.02 Å². The summed E-state index contributed by atoms with van der Waals surface area (Å²) in [6, 6.07) is 4.32. The lowest BCUT2D eigenvalue weighted by Crippen LogP contribution is -2.46. The predicted octanol–water partition coefficient (Wildman–Crippen LogP) is 3.65. The molecule has 6 heteroatoms. The van der Waals surface area contributed by atoms with Crippen LogP contribution in [0.25, 0.3) is 0 Å². The van der Waals surface area contributed by atoms with Crippen molar-refractivity contribution in [2.24, 2.45) is 5.92 Å². The highest BCUT2D eigenvalue weighted by molar-refractivity contribution is 6.31. The number of carbonyl (C=O) groups is 2. The van der Waals surface area contributed by atoms with Gasteiger partial charge in [-0.25, -0.2) is 4.39 Å². The van der Waals surface area contributed by atoms with Crippen molar-refractivity contribution >= 4 is 23.5 Å². The van der Waals surface area contributed by atoms with E-state index >= 15 is 0 Å². The minimum Gasteiger partial charge on any atom is -0.452 e. The zero-order chi connectivity index (χ0) is 17.7. The third-order valence-corrected chi connectivity index (χ3v) is 4.85. The molecule has 4 nitrogen and oxygen atoms in total. The molecule has 0 bridgehead atoms. The van der Waals surface area contributed by atoms with Crippen molar-refractivity contribution in [1.82, 2.24) is 5.32 Å². The Hall–Kier alpha value is -1.62. The Kier molecular flexibility index (Phi) is 6.60. The van der Waals surface area contributed by atoms with E-state index < -0.39 is 17.9 Å². The van der Waals surface area contributed by atoms with Gasteiger partial charge in [0.25, 0.3) is 5.91 Å². The second-order valence-electron chi connectivity index (χ2n) is 6.39. The summed E-state index contributed by atoms with van der Waals surface area (Å²) < 4.78 is 18.8. The molecule has 1 aliphatic carbocycles. The minimum atomic E-state index is -0.919. The lowest BCUT2D eigenvalue weighted by Gasteiger charge is -2.30. The lowest BCUT2D eigenvalue weighted by molar-refractivity contribution is -0.154. The highest BCUT2D eigenvalue weighted by Gasteiger charge is 2.26. The van der Waals surface area contributed by atoms with Gasteiger partial charge in [-0.2, -0.15) is 0 Å². The number of hydrogen-bond acceptors (Lipinski definition) is 3. The summed E-state index contributed by atoms with van der Waals surface area (Å²) in [7, 11) is 0. The van der Waals surface area contributed by atoms with Gasteiger partial charge in [0, 0.05) is 16.6 Å². The molecular formula is C18H23ClFNO3. The van der Waals surface area contributed by atoms with Crippen LogP contribution in [-0.2, 0) is 20.7 Å².